The summed E-state index contributed by atoms with van der Waals surface area (Å²) in [4.78, 5) is 10.2. The number of anilines is 1. The number of hydrogen-bond donors (Lipinski definition) is 2. The highest BCUT2D eigenvalue weighted by atomic mass is 35.5. The Balaban J connectivity index is 1.85. The predicted octanol–water partition coefficient (Wildman–Crippen LogP) is 3.78. The van der Waals surface area contributed by atoms with Gasteiger partial charge in [-0.15, -0.1) is 0 Å². The first-order valence-electron chi connectivity index (χ1n) is 6.59. The molecule has 0 atom stereocenters. The molecular formula is C15H14ClN3O2S. The fourth-order valence-corrected chi connectivity index (χ4v) is 2.28. The first kappa shape index (κ1) is 16.2. The molecule has 2 aromatic rings. The van der Waals surface area contributed by atoms with Crippen LogP contribution in [0.4, 0.5) is 11.4 Å². The fourth-order valence-electron chi connectivity index (χ4n) is 1.85. The smallest absolute Gasteiger partial charge is 0.271 e. The summed E-state index contributed by atoms with van der Waals surface area (Å²) >= 11 is 11.2. The van der Waals surface area contributed by atoms with Crippen LogP contribution in [0.5, 0.6) is 0 Å². The third kappa shape index (κ3) is 4.68. The van der Waals surface area contributed by atoms with E-state index in [4.69, 9.17) is 23.8 Å². The van der Waals surface area contributed by atoms with Crippen LogP contribution in [0.15, 0.2) is 48.5 Å². The van der Waals surface area contributed by atoms with Crippen LogP contribution in [0, 0.1) is 10.1 Å². The summed E-state index contributed by atoms with van der Waals surface area (Å²) in [5, 5.41) is 17.3. The minimum Gasteiger partial charge on any atom is -0.362 e. The second-order valence-corrected chi connectivity index (χ2v) is 5.35. The van der Waals surface area contributed by atoms with Gasteiger partial charge in [0.25, 0.3) is 5.69 Å². The Kier molecular flexibility index (Phi) is 5.68. The molecule has 0 saturated carbocycles. The number of benzene rings is 2. The van der Waals surface area contributed by atoms with Crippen molar-refractivity contribution >= 4 is 40.3 Å². The first-order chi connectivity index (χ1) is 10.6. The number of hydrogen-bond acceptors (Lipinski definition) is 3. The number of non-ortho nitro benzene ring substituents is 1. The molecule has 5 nitrogen and oxygen atoms in total. The van der Waals surface area contributed by atoms with Crippen molar-refractivity contribution in [1.29, 1.82) is 0 Å². The Morgan fingerprint density at radius 3 is 2.59 bits per heavy atom. The first-order valence-corrected chi connectivity index (χ1v) is 7.37. The molecule has 0 radical (unpaired) electrons. The zero-order valence-electron chi connectivity index (χ0n) is 11.6. The molecule has 0 unspecified atom stereocenters. The average molecular weight is 336 g/mol. The minimum atomic E-state index is -0.494. The Hall–Kier alpha value is -2.18. The lowest BCUT2D eigenvalue weighted by Crippen LogP contribution is -2.30. The maximum atomic E-state index is 10.7. The van der Waals surface area contributed by atoms with Crippen LogP contribution in [0.25, 0.3) is 0 Å². The number of thiocarbonyl (C=S) groups is 1. The summed E-state index contributed by atoms with van der Waals surface area (Å²) in [5.74, 6) is 0. The van der Waals surface area contributed by atoms with E-state index in [0.29, 0.717) is 17.3 Å². The molecule has 0 amide bonds. The molecule has 0 aliphatic rings. The van der Waals surface area contributed by atoms with Crippen LogP contribution in [0.1, 0.15) is 5.56 Å². The van der Waals surface area contributed by atoms with Gasteiger partial charge >= 0.3 is 0 Å². The van der Waals surface area contributed by atoms with E-state index >= 15 is 0 Å². The molecule has 2 N–H and O–H groups in total. The summed E-state index contributed by atoms with van der Waals surface area (Å²) in [6.45, 7) is 0.681. The maximum absolute atomic E-state index is 10.7. The van der Waals surface area contributed by atoms with Crippen molar-refractivity contribution in [1.82, 2.24) is 5.32 Å². The van der Waals surface area contributed by atoms with Gasteiger partial charge in [-0.2, -0.15) is 0 Å². The van der Waals surface area contributed by atoms with E-state index in [1.165, 1.54) is 23.8 Å². The fraction of sp³-hybridized carbons (Fsp3) is 0.133. The minimum absolute atomic E-state index is 0.0569. The molecule has 0 spiro atoms. The van der Waals surface area contributed by atoms with E-state index in [1.54, 1.807) is 0 Å². The van der Waals surface area contributed by atoms with Crippen molar-refractivity contribution in [3.05, 3.63) is 69.2 Å². The molecule has 2 aromatic carbocycles. The zero-order chi connectivity index (χ0) is 15.9. The monoisotopic (exact) mass is 335 g/mol. The normalized spacial score (nSPS) is 10.0. The molecule has 0 aliphatic heterocycles. The lowest BCUT2D eigenvalue weighted by molar-refractivity contribution is -0.384. The zero-order valence-corrected chi connectivity index (χ0v) is 13.2. The van der Waals surface area contributed by atoms with Crippen molar-refractivity contribution in [2.24, 2.45) is 0 Å². The summed E-state index contributed by atoms with van der Waals surface area (Å²) in [6.07, 6.45) is 0.844. The molecule has 0 fully saturated rings. The van der Waals surface area contributed by atoms with E-state index in [0.717, 1.165) is 6.42 Å². The van der Waals surface area contributed by atoms with Crippen LogP contribution in [0.3, 0.4) is 0 Å². The molecule has 2 rings (SSSR count). The summed E-state index contributed by atoms with van der Waals surface area (Å²) in [5.41, 5.74) is 1.69. The highest BCUT2D eigenvalue weighted by molar-refractivity contribution is 7.80. The van der Waals surface area contributed by atoms with Gasteiger partial charge in [-0.05, 0) is 30.3 Å². The molecule has 7 heteroatoms. The van der Waals surface area contributed by atoms with Crippen molar-refractivity contribution < 1.29 is 4.92 Å². The Labute approximate surface area is 138 Å². The molecule has 0 aromatic heterocycles. The maximum Gasteiger partial charge on any atom is 0.271 e. The van der Waals surface area contributed by atoms with Gasteiger partial charge in [0.15, 0.2) is 5.11 Å². The van der Waals surface area contributed by atoms with Crippen LogP contribution in [-0.4, -0.2) is 16.6 Å². The third-order valence-corrected chi connectivity index (χ3v) is 3.51. The predicted molar refractivity (Wildman–Crippen MR) is 92.5 cm³/mol. The van der Waals surface area contributed by atoms with Crippen molar-refractivity contribution in [2.75, 3.05) is 11.9 Å². The standard InChI is InChI=1S/C15H14ClN3O2S/c16-13-10-12(19(20)21)6-7-14(13)18-15(22)17-9-8-11-4-2-1-3-5-11/h1-7,10H,8-9H2,(H2,17,18,22). The van der Waals surface area contributed by atoms with Gasteiger partial charge < -0.3 is 10.6 Å². The molecule has 22 heavy (non-hydrogen) atoms. The second kappa shape index (κ2) is 7.72. The number of halogens is 1. The Morgan fingerprint density at radius 2 is 1.95 bits per heavy atom. The molecule has 0 aliphatic carbocycles. The van der Waals surface area contributed by atoms with E-state index < -0.39 is 4.92 Å². The number of rotatable bonds is 5. The lowest BCUT2D eigenvalue weighted by atomic mass is 10.1. The third-order valence-electron chi connectivity index (χ3n) is 2.95. The SMILES string of the molecule is O=[N+]([O-])c1ccc(NC(=S)NCCc2ccccc2)c(Cl)c1. The lowest BCUT2D eigenvalue weighted by Gasteiger charge is -2.11. The van der Waals surface area contributed by atoms with Crippen LogP contribution in [0.2, 0.25) is 5.02 Å². The van der Waals surface area contributed by atoms with Gasteiger partial charge in [0.05, 0.1) is 15.6 Å². The number of nitrogens with zero attached hydrogens (tertiary/aromatic N) is 1. The largest absolute Gasteiger partial charge is 0.362 e. The van der Waals surface area contributed by atoms with E-state index in [2.05, 4.69) is 10.6 Å². The summed E-state index contributed by atoms with van der Waals surface area (Å²) in [6, 6.07) is 14.2. The molecule has 114 valence electrons. The van der Waals surface area contributed by atoms with Crippen molar-refractivity contribution in [3.8, 4) is 0 Å². The van der Waals surface area contributed by atoms with Crippen LogP contribution in [-0.2, 0) is 6.42 Å². The summed E-state index contributed by atoms with van der Waals surface area (Å²) in [7, 11) is 0. The van der Waals surface area contributed by atoms with E-state index in [1.807, 2.05) is 30.3 Å². The van der Waals surface area contributed by atoms with Gasteiger partial charge in [-0.3, -0.25) is 10.1 Å². The number of nitrogens with one attached hydrogen (secondary N) is 2. The van der Waals surface area contributed by atoms with E-state index in [-0.39, 0.29) is 10.7 Å². The van der Waals surface area contributed by atoms with Crippen molar-refractivity contribution in [2.45, 2.75) is 6.42 Å². The highest BCUT2D eigenvalue weighted by Gasteiger charge is 2.10. The molecule has 0 heterocycles. The van der Waals surface area contributed by atoms with Crippen LogP contribution < -0.4 is 10.6 Å². The van der Waals surface area contributed by atoms with Crippen molar-refractivity contribution in [3.63, 3.8) is 0 Å². The molecule has 0 bridgehead atoms. The van der Waals surface area contributed by atoms with Gasteiger partial charge in [-0.1, -0.05) is 41.9 Å². The Bertz CT molecular complexity index is 680. The number of nitro benzene ring substituents is 1. The van der Waals surface area contributed by atoms with E-state index in [9.17, 15) is 10.1 Å². The molecular weight excluding hydrogens is 322 g/mol. The second-order valence-electron chi connectivity index (χ2n) is 4.54. The van der Waals surface area contributed by atoms with Gasteiger partial charge in [0, 0.05) is 18.7 Å². The number of nitro groups is 1. The van der Waals surface area contributed by atoms with Gasteiger partial charge in [-0.25, -0.2) is 0 Å². The topological polar surface area (TPSA) is 67.2 Å². The van der Waals surface area contributed by atoms with Gasteiger partial charge in [0.1, 0.15) is 0 Å². The van der Waals surface area contributed by atoms with Crippen LogP contribution >= 0.6 is 23.8 Å². The highest BCUT2D eigenvalue weighted by Crippen LogP contribution is 2.26. The van der Waals surface area contributed by atoms with Gasteiger partial charge in [0.2, 0.25) is 0 Å². The molecule has 0 saturated heterocycles. The average Bonchev–Trinajstić information content (AvgIpc) is 2.50. The summed E-state index contributed by atoms with van der Waals surface area (Å²) < 4.78 is 0. The Morgan fingerprint density at radius 1 is 1.23 bits per heavy atom. The quantitative estimate of drug-likeness (QED) is 0.494.